The van der Waals surface area contributed by atoms with Gasteiger partial charge in [-0.1, -0.05) is 115 Å². The molecule has 234 valence electrons. The Balaban J connectivity index is 1.96. The summed E-state index contributed by atoms with van der Waals surface area (Å²) in [7, 11) is 2.27. The van der Waals surface area contributed by atoms with Gasteiger partial charge in [-0.3, -0.25) is 0 Å². The van der Waals surface area contributed by atoms with Gasteiger partial charge in [-0.15, -0.1) is 0 Å². The molecule has 0 saturated carbocycles. The van der Waals surface area contributed by atoms with E-state index in [9.17, 15) is 4.79 Å². The maximum Gasteiger partial charge on any atom is 0.506 e. The van der Waals surface area contributed by atoms with Gasteiger partial charge < -0.3 is 14.7 Å². The van der Waals surface area contributed by atoms with E-state index in [0.717, 1.165) is 43.9 Å². The summed E-state index contributed by atoms with van der Waals surface area (Å²) in [5.74, 6) is 1.78. The highest BCUT2D eigenvalue weighted by molar-refractivity contribution is 5.57. The van der Waals surface area contributed by atoms with Crippen LogP contribution >= 0.6 is 0 Å². The molecule has 0 aromatic rings. The normalized spacial score (nSPS) is 18.0. The molecule has 0 amide bonds. The molecule has 1 fully saturated rings. The van der Waals surface area contributed by atoms with Gasteiger partial charge in [0.05, 0.1) is 0 Å². The third-order valence-corrected chi connectivity index (χ3v) is 8.90. The first-order valence-electron chi connectivity index (χ1n) is 17.4. The lowest BCUT2D eigenvalue weighted by atomic mass is 9.83. The van der Waals surface area contributed by atoms with Gasteiger partial charge >= 0.3 is 6.16 Å². The molecule has 1 aliphatic heterocycles. The summed E-state index contributed by atoms with van der Waals surface area (Å²) < 4.78 is 5.21. The van der Waals surface area contributed by atoms with Crippen LogP contribution in [-0.4, -0.2) is 42.4 Å². The van der Waals surface area contributed by atoms with Crippen LogP contribution in [-0.2, 0) is 4.74 Å². The first kappa shape index (κ1) is 36.7. The number of allylic oxidation sites excluding steroid dienone is 4. The van der Waals surface area contributed by atoms with Crippen molar-refractivity contribution in [1.82, 2.24) is 4.90 Å². The van der Waals surface area contributed by atoms with Crippen LogP contribution in [0.5, 0.6) is 0 Å². The van der Waals surface area contributed by atoms with Crippen molar-refractivity contribution < 1.29 is 14.6 Å². The van der Waals surface area contributed by atoms with Crippen LogP contribution in [0.1, 0.15) is 162 Å². The number of ether oxygens (including phenoxy) is 1. The highest BCUT2D eigenvalue weighted by atomic mass is 16.7. The predicted octanol–water partition coefficient (Wildman–Crippen LogP) is 11.4. The Hall–Kier alpha value is -1.29. The lowest BCUT2D eigenvalue weighted by Gasteiger charge is -2.33. The molecule has 0 bridgehead atoms. The number of likely N-dealkylation sites (tertiary alicyclic amines) is 1. The van der Waals surface area contributed by atoms with E-state index >= 15 is 0 Å². The molecule has 1 aliphatic rings. The second-order valence-corrected chi connectivity index (χ2v) is 12.7. The number of hydrogen-bond donors (Lipinski definition) is 1. The van der Waals surface area contributed by atoms with Gasteiger partial charge in [-0.2, -0.15) is 0 Å². The number of unbranched alkanes of at least 4 members (excludes halogenated alkanes) is 14. The van der Waals surface area contributed by atoms with Crippen molar-refractivity contribution in [2.75, 3.05) is 20.1 Å². The van der Waals surface area contributed by atoms with Crippen molar-refractivity contribution in [2.24, 2.45) is 11.8 Å². The Kier molecular flexibility index (Phi) is 24.4. The molecule has 0 radical (unpaired) electrons. The molecule has 0 spiro atoms. The maximum absolute atomic E-state index is 11.1. The lowest BCUT2D eigenvalue weighted by molar-refractivity contribution is 0.0422. The summed E-state index contributed by atoms with van der Waals surface area (Å²) in [6.45, 7) is 7.29. The molecular weight excluding hydrogens is 494 g/mol. The van der Waals surface area contributed by atoms with Gasteiger partial charge in [-0.05, 0) is 96.1 Å². The SMILES string of the molecule is CCCCCC=CCC=CCCCCCCCC(CCCCCCCCCC(C)C1CCCN(C)C1)OC(=O)O. The first-order valence-corrected chi connectivity index (χ1v) is 17.4. The van der Waals surface area contributed by atoms with Crippen LogP contribution in [0.2, 0.25) is 0 Å². The van der Waals surface area contributed by atoms with Crippen LogP contribution in [0.4, 0.5) is 4.79 Å². The molecule has 40 heavy (non-hydrogen) atoms. The largest absolute Gasteiger partial charge is 0.506 e. The number of nitrogens with zero attached hydrogens (tertiary/aromatic N) is 1. The second kappa shape index (κ2) is 26.6. The highest BCUT2D eigenvalue weighted by Crippen LogP contribution is 2.27. The highest BCUT2D eigenvalue weighted by Gasteiger charge is 2.22. The Bertz CT molecular complexity index is 632. The maximum atomic E-state index is 11.1. The molecule has 1 rings (SSSR count). The summed E-state index contributed by atoms with van der Waals surface area (Å²) in [6.07, 6.45) is 36.3. The second-order valence-electron chi connectivity index (χ2n) is 12.7. The quantitative estimate of drug-likeness (QED) is 0.0648. The van der Waals surface area contributed by atoms with Crippen LogP contribution in [0, 0.1) is 11.8 Å². The lowest BCUT2D eigenvalue weighted by Crippen LogP contribution is -2.35. The molecule has 3 atom stereocenters. The molecule has 0 aromatic heterocycles. The molecule has 4 heteroatoms. The van der Waals surface area contributed by atoms with Crippen molar-refractivity contribution in [1.29, 1.82) is 0 Å². The van der Waals surface area contributed by atoms with Crippen molar-refractivity contribution in [3.05, 3.63) is 24.3 Å². The molecule has 0 aliphatic carbocycles. The fourth-order valence-electron chi connectivity index (χ4n) is 6.22. The van der Waals surface area contributed by atoms with E-state index in [-0.39, 0.29) is 6.10 Å². The standard InChI is InChI=1S/C36H67NO3/c1-4-5-6-7-8-9-10-11-12-13-14-15-18-21-24-29-35(40-36(38)39)30-25-22-19-16-17-20-23-27-33(2)34-28-26-31-37(3)32-34/h8-9,11-12,33-35H,4-7,10,13-32H2,1-3H3,(H,38,39). The van der Waals surface area contributed by atoms with Gasteiger partial charge in [0.2, 0.25) is 0 Å². The Labute approximate surface area is 249 Å². The van der Waals surface area contributed by atoms with E-state index in [4.69, 9.17) is 9.84 Å². The van der Waals surface area contributed by atoms with Crippen LogP contribution in [0.25, 0.3) is 0 Å². The number of hydrogen-bond acceptors (Lipinski definition) is 3. The zero-order valence-electron chi connectivity index (χ0n) is 26.9. The average molecular weight is 562 g/mol. The van der Waals surface area contributed by atoms with E-state index in [1.807, 2.05) is 0 Å². The fourth-order valence-corrected chi connectivity index (χ4v) is 6.22. The monoisotopic (exact) mass is 562 g/mol. The van der Waals surface area contributed by atoms with Crippen molar-refractivity contribution in [2.45, 2.75) is 168 Å². The van der Waals surface area contributed by atoms with Crippen molar-refractivity contribution in [3.63, 3.8) is 0 Å². The number of carbonyl (C=O) groups is 1. The van der Waals surface area contributed by atoms with Gasteiger partial charge in [0.15, 0.2) is 0 Å². The average Bonchev–Trinajstić information content (AvgIpc) is 2.93. The van der Waals surface area contributed by atoms with Crippen molar-refractivity contribution in [3.8, 4) is 0 Å². The summed E-state index contributed by atoms with van der Waals surface area (Å²) in [4.78, 5) is 13.6. The molecule has 1 N–H and O–H groups in total. The summed E-state index contributed by atoms with van der Waals surface area (Å²) in [5, 5.41) is 9.13. The fraction of sp³-hybridized carbons (Fsp3) is 0.861. The molecule has 4 nitrogen and oxygen atoms in total. The van der Waals surface area contributed by atoms with Crippen LogP contribution in [0.15, 0.2) is 24.3 Å². The van der Waals surface area contributed by atoms with Crippen LogP contribution < -0.4 is 0 Å². The zero-order valence-corrected chi connectivity index (χ0v) is 26.9. The number of rotatable bonds is 26. The minimum atomic E-state index is -1.11. The third-order valence-electron chi connectivity index (χ3n) is 8.90. The van der Waals surface area contributed by atoms with E-state index in [1.54, 1.807) is 0 Å². The van der Waals surface area contributed by atoms with E-state index in [1.165, 1.54) is 129 Å². The summed E-state index contributed by atoms with van der Waals surface area (Å²) in [5.41, 5.74) is 0. The molecule has 3 unspecified atom stereocenters. The molecule has 1 saturated heterocycles. The summed E-state index contributed by atoms with van der Waals surface area (Å²) in [6, 6.07) is 0. The topological polar surface area (TPSA) is 49.8 Å². The van der Waals surface area contributed by atoms with Gasteiger partial charge in [0.25, 0.3) is 0 Å². The minimum absolute atomic E-state index is 0.115. The smallest absolute Gasteiger partial charge is 0.450 e. The first-order chi connectivity index (χ1) is 19.5. The Morgan fingerprint density at radius 1 is 0.800 bits per heavy atom. The minimum Gasteiger partial charge on any atom is -0.450 e. The zero-order chi connectivity index (χ0) is 29.1. The Morgan fingerprint density at radius 2 is 1.32 bits per heavy atom. The Morgan fingerprint density at radius 3 is 1.88 bits per heavy atom. The third kappa shape index (κ3) is 22.4. The van der Waals surface area contributed by atoms with Gasteiger partial charge in [0, 0.05) is 6.54 Å². The summed E-state index contributed by atoms with van der Waals surface area (Å²) >= 11 is 0. The van der Waals surface area contributed by atoms with E-state index < -0.39 is 6.16 Å². The predicted molar refractivity (Wildman–Crippen MR) is 173 cm³/mol. The van der Waals surface area contributed by atoms with E-state index in [0.29, 0.717) is 0 Å². The molecular formula is C36H67NO3. The van der Waals surface area contributed by atoms with Gasteiger partial charge in [-0.25, -0.2) is 4.79 Å². The molecule has 1 heterocycles. The van der Waals surface area contributed by atoms with Gasteiger partial charge in [0.1, 0.15) is 6.10 Å². The number of piperidine rings is 1. The molecule has 0 aromatic carbocycles. The van der Waals surface area contributed by atoms with E-state index in [2.05, 4.69) is 50.1 Å². The van der Waals surface area contributed by atoms with Crippen LogP contribution in [0.3, 0.4) is 0 Å². The van der Waals surface area contributed by atoms with Crippen molar-refractivity contribution >= 4 is 6.16 Å². The number of carboxylic acid groups (broad SMARTS) is 1.